The number of thiophene rings is 1. The Hall–Kier alpha value is -0.940. The summed E-state index contributed by atoms with van der Waals surface area (Å²) in [5.74, 6) is -0.126. The molecule has 1 atom stereocenters. The zero-order valence-electron chi connectivity index (χ0n) is 7.82. The van der Waals surface area contributed by atoms with E-state index in [0.717, 1.165) is 4.88 Å². The lowest BCUT2D eigenvalue weighted by atomic mass is 10.2. The number of carbonyl (C=O) groups is 1. The summed E-state index contributed by atoms with van der Waals surface area (Å²) in [5.41, 5.74) is 5.26. The maximum absolute atomic E-state index is 11.3. The van der Waals surface area contributed by atoms with Crippen LogP contribution in [0, 0.1) is 0 Å². The Bertz CT molecular complexity index is 322. The second kappa shape index (κ2) is 5.07. The standard InChI is InChI=1S/C9H12N2OS2/c1-6(7-3-2-4-14-7)11-9(12)5-8(10)13/h2-4,6H,5H2,1H3,(H2,10,13)(H,11,12). The molecule has 14 heavy (non-hydrogen) atoms. The van der Waals surface area contributed by atoms with Gasteiger partial charge < -0.3 is 11.1 Å². The van der Waals surface area contributed by atoms with Crippen LogP contribution in [0.25, 0.3) is 0 Å². The van der Waals surface area contributed by atoms with Gasteiger partial charge in [-0.25, -0.2) is 0 Å². The van der Waals surface area contributed by atoms with Crippen molar-refractivity contribution in [3.8, 4) is 0 Å². The maximum atomic E-state index is 11.3. The molecule has 1 rings (SSSR count). The molecule has 0 aromatic carbocycles. The quantitative estimate of drug-likeness (QED) is 0.770. The number of hydrogen-bond donors (Lipinski definition) is 2. The van der Waals surface area contributed by atoms with Gasteiger partial charge in [-0.05, 0) is 18.4 Å². The molecular formula is C9H12N2OS2. The number of amides is 1. The van der Waals surface area contributed by atoms with E-state index in [4.69, 9.17) is 5.73 Å². The van der Waals surface area contributed by atoms with Gasteiger partial charge in [0, 0.05) is 4.88 Å². The van der Waals surface area contributed by atoms with Crippen LogP contribution in [0.5, 0.6) is 0 Å². The highest BCUT2D eigenvalue weighted by Crippen LogP contribution is 2.17. The van der Waals surface area contributed by atoms with Crippen LogP contribution in [-0.2, 0) is 4.79 Å². The van der Waals surface area contributed by atoms with Crippen molar-refractivity contribution < 1.29 is 4.79 Å². The zero-order valence-corrected chi connectivity index (χ0v) is 9.45. The number of nitrogens with one attached hydrogen (secondary N) is 1. The molecule has 76 valence electrons. The summed E-state index contributed by atoms with van der Waals surface area (Å²) in [6.07, 6.45) is 0.116. The van der Waals surface area contributed by atoms with Crippen LogP contribution >= 0.6 is 23.6 Å². The van der Waals surface area contributed by atoms with Crippen LogP contribution in [-0.4, -0.2) is 10.9 Å². The van der Waals surface area contributed by atoms with Gasteiger partial charge in [0.25, 0.3) is 0 Å². The SMILES string of the molecule is CC(NC(=O)CC(N)=S)c1cccs1. The minimum atomic E-state index is -0.126. The molecule has 0 fully saturated rings. The van der Waals surface area contributed by atoms with Crippen molar-refractivity contribution in [3.05, 3.63) is 22.4 Å². The molecule has 1 aromatic heterocycles. The largest absolute Gasteiger partial charge is 0.393 e. The minimum absolute atomic E-state index is 0.0249. The predicted molar refractivity (Wildman–Crippen MR) is 62.3 cm³/mol. The average Bonchev–Trinajstić information content (AvgIpc) is 2.53. The molecule has 1 amide bonds. The Morgan fingerprint density at radius 3 is 3.00 bits per heavy atom. The van der Waals surface area contributed by atoms with Crippen LogP contribution in [0.2, 0.25) is 0 Å². The van der Waals surface area contributed by atoms with E-state index < -0.39 is 0 Å². The molecule has 0 saturated carbocycles. The maximum Gasteiger partial charge on any atom is 0.227 e. The van der Waals surface area contributed by atoms with E-state index in [1.54, 1.807) is 11.3 Å². The van der Waals surface area contributed by atoms with Crippen LogP contribution in [0.1, 0.15) is 24.3 Å². The summed E-state index contributed by atoms with van der Waals surface area (Å²) in [4.78, 5) is 12.6. The first-order valence-corrected chi connectivity index (χ1v) is 5.49. The number of rotatable bonds is 4. The summed E-state index contributed by atoms with van der Waals surface area (Å²) in [5, 5.41) is 4.80. The lowest BCUT2D eigenvalue weighted by Gasteiger charge is -2.11. The summed E-state index contributed by atoms with van der Waals surface area (Å²) >= 11 is 6.26. The van der Waals surface area contributed by atoms with Crippen LogP contribution in [0.15, 0.2) is 17.5 Å². The van der Waals surface area contributed by atoms with Crippen LogP contribution in [0.3, 0.4) is 0 Å². The molecule has 3 N–H and O–H groups in total. The summed E-state index contributed by atoms with van der Waals surface area (Å²) in [6.45, 7) is 1.93. The molecule has 0 aliphatic rings. The van der Waals surface area contributed by atoms with Gasteiger partial charge in [-0.3, -0.25) is 4.79 Å². The van der Waals surface area contributed by atoms with E-state index in [0.29, 0.717) is 0 Å². The van der Waals surface area contributed by atoms with Crippen molar-refractivity contribution in [1.82, 2.24) is 5.32 Å². The highest BCUT2D eigenvalue weighted by molar-refractivity contribution is 7.80. The smallest absolute Gasteiger partial charge is 0.227 e. The normalized spacial score (nSPS) is 12.1. The fraction of sp³-hybridized carbons (Fsp3) is 0.333. The summed E-state index contributed by atoms with van der Waals surface area (Å²) in [7, 11) is 0. The Kier molecular flexibility index (Phi) is 4.03. The first-order chi connectivity index (χ1) is 6.59. The first-order valence-electron chi connectivity index (χ1n) is 4.20. The van der Waals surface area contributed by atoms with Gasteiger partial charge in [-0.1, -0.05) is 18.3 Å². The van der Waals surface area contributed by atoms with E-state index in [1.807, 2.05) is 24.4 Å². The number of hydrogen-bond acceptors (Lipinski definition) is 3. The number of nitrogens with two attached hydrogens (primary N) is 1. The van der Waals surface area contributed by atoms with Gasteiger partial charge >= 0.3 is 0 Å². The molecular weight excluding hydrogens is 216 g/mol. The van der Waals surface area contributed by atoms with Crippen molar-refractivity contribution in [2.45, 2.75) is 19.4 Å². The third-order valence-electron chi connectivity index (χ3n) is 1.68. The van der Waals surface area contributed by atoms with Gasteiger partial charge in [-0.15, -0.1) is 11.3 Å². The molecule has 1 unspecified atom stereocenters. The van der Waals surface area contributed by atoms with Crippen molar-refractivity contribution >= 4 is 34.5 Å². The molecule has 0 saturated heterocycles. The molecule has 0 spiro atoms. The molecule has 5 heteroatoms. The van der Waals surface area contributed by atoms with Gasteiger partial charge in [0.1, 0.15) is 0 Å². The molecule has 3 nitrogen and oxygen atoms in total. The molecule has 1 heterocycles. The third kappa shape index (κ3) is 3.43. The molecule has 0 radical (unpaired) electrons. The third-order valence-corrected chi connectivity index (χ3v) is 2.88. The Balaban J connectivity index is 2.45. The first kappa shape index (κ1) is 11.1. The summed E-state index contributed by atoms with van der Waals surface area (Å²) in [6, 6.07) is 3.96. The molecule has 0 aliphatic heterocycles. The van der Waals surface area contributed by atoms with Crippen LogP contribution < -0.4 is 11.1 Å². The lowest BCUT2D eigenvalue weighted by Crippen LogP contribution is -2.29. The van der Waals surface area contributed by atoms with Gasteiger partial charge in [0.15, 0.2) is 0 Å². The Morgan fingerprint density at radius 1 is 1.79 bits per heavy atom. The van der Waals surface area contributed by atoms with Gasteiger partial charge in [0.2, 0.25) is 5.91 Å². The number of thiocarbonyl (C=S) groups is 1. The van der Waals surface area contributed by atoms with Gasteiger partial charge in [-0.2, -0.15) is 0 Å². The van der Waals surface area contributed by atoms with Gasteiger partial charge in [0.05, 0.1) is 17.5 Å². The fourth-order valence-electron chi connectivity index (χ4n) is 1.06. The van der Waals surface area contributed by atoms with Crippen molar-refractivity contribution in [2.75, 3.05) is 0 Å². The summed E-state index contributed by atoms with van der Waals surface area (Å²) < 4.78 is 0. The van der Waals surface area contributed by atoms with Crippen molar-refractivity contribution in [3.63, 3.8) is 0 Å². The zero-order chi connectivity index (χ0) is 10.6. The van der Waals surface area contributed by atoms with Crippen molar-refractivity contribution in [2.24, 2.45) is 5.73 Å². The Morgan fingerprint density at radius 2 is 2.50 bits per heavy atom. The second-order valence-electron chi connectivity index (χ2n) is 2.95. The van der Waals surface area contributed by atoms with E-state index >= 15 is 0 Å². The minimum Gasteiger partial charge on any atom is -0.393 e. The van der Waals surface area contributed by atoms with E-state index in [2.05, 4.69) is 17.5 Å². The van der Waals surface area contributed by atoms with E-state index in [9.17, 15) is 4.79 Å². The fourth-order valence-corrected chi connectivity index (χ4v) is 1.93. The highest BCUT2D eigenvalue weighted by atomic mass is 32.1. The predicted octanol–water partition coefficient (Wildman–Crippen LogP) is 1.60. The average molecular weight is 228 g/mol. The molecule has 1 aromatic rings. The Labute approximate surface area is 92.3 Å². The highest BCUT2D eigenvalue weighted by Gasteiger charge is 2.10. The van der Waals surface area contributed by atoms with Crippen molar-refractivity contribution in [1.29, 1.82) is 0 Å². The molecule has 0 bridgehead atoms. The number of carbonyl (C=O) groups excluding carboxylic acids is 1. The second-order valence-corrected chi connectivity index (χ2v) is 4.45. The van der Waals surface area contributed by atoms with Crippen LogP contribution in [0.4, 0.5) is 0 Å². The monoisotopic (exact) mass is 228 g/mol. The molecule has 0 aliphatic carbocycles. The van der Waals surface area contributed by atoms with E-state index in [1.165, 1.54) is 0 Å². The topological polar surface area (TPSA) is 55.1 Å². The van der Waals surface area contributed by atoms with E-state index in [-0.39, 0.29) is 23.4 Å². The lowest BCUT2D eigenvalue weighted by molar-refractivity contribution is -0.120.